The third kappa shape index (κ3) is 3.05. The quantitative estimate of drug-likeness (QED) is 0.680. The molecule has 1 aromatic carbocycles. The van der Waals surface area contributed by atoms with Gasteiger partial charge in [-0.15, -0.1) is 0 Å². The Labute approximate surface area is 143 Å². The van der Waals surface area contributed by atoms with Gasteiger partial charge in [-0.2, -0.15) is 12.8 Å². The fraction of sp³-hybridized carbons (Fsp3) is 0. The number of carboxylic acids is 1. The van der Waals surface area contributed by atoms with Crippen LogP contribution in [-0.4, -0.2) is 28.9 Å². The van der Waals surface area contributed by atoms with Gasteiger partial charge in [0.05, 0.1) is 27.5 Å². The summed E-state index contributed by atoms with van der Waals surface area (Å²) in [5.41, 5.74) is -0.207. The van der Waals surface area contributed by atoms with E-state index in [9.17, 15) is 18.3 Å². The van der Waals surface area contributed by atoms with Crippen LogP contribution in [0, 0.1) is 0 Å². The standard InChI is InChI=1S/C13H8BrN3O4S2/c14-7-1-2-8(13(18)19)10(5-7)17-23(20,21)12-9-6-16-22-11(9)3-4-15-12/h1-6,17H,(H,18,19). The summed E-state index contributed by atoms with van der Waals surface area (Å²) in [5, 5.41) is 9.38. The molecule has 10 heteroatoms. The van der Waals surface area contributed by atoms with Crippen molar-refractivity contribution < 1.29 is 18.3 Å². The summed E-state index contributed by atoms with van der Waals surface area (Å²) >= 11 is 4.34. The van der Waals surface area contributed by atoms with E-state index in [2.05, 4.69) is 30.0 Å². The number of halogens is 1. The zero-order valence-corrected chi connectivity index (χ0v) is 14.4. The lowest BCUT2D eigenvalue weighted by Crippen LogP contribution is -2.17. The number of carbonyl (C=O) groups is 1. The molecule has 118 valence electrons. The summed E-state index contributed by atoms with van der Waals surface area (Å²) in [5.74, 6) is -1.24. The third-order valence-electron chi connectivity index (χ3n) is 2.96. The van der Waals surface area contributed by atoms with E-state index in [0.717, 1.165) is 11.5 Å². The number of hydrogen-bond donors (Lipinski definition) is 2. The van der Waals surface area contributed by atoms with Crippen LogP contribution in [0.25, 0.3) is 10.1 Å². The maximum Gasteiger partial charge on any atom is 0.337 e. The minimum Gasteiger partial charge on any atom is -0.478 e. The van der Waals surface area contributed by atoms with E-state index < -0.39 is 16.0 Å². The van der Waals surface area contributed by atoms with E-state index in [4.69, 9.17) is 0 Å². The third-order valence-corrected chi connectivity index (χ3v) is 5.54. The highest BCUT2D eigenvalue weighted by molar-refractivity contribution is 9.10. The molecule has 0 fully saturated rings. The van der Waals surface area contributed by atoms with Gasteiger partial charge in [0.25, 0.3) is 10.0 Å². The van der Waals surface area contributed by atoms with E-state index in [1.807, 2.05) is 0 Å². The smallest absolute Gasteiger partial charge is 0.337 e. The Morgan fingerprint density at radius 3 is 2.83 bits per heavy atom. The molecule has 23 heavy (non-hydrogen) atoms. The maximum atomic E-state index is 12.6. The summed E-state index contributed by atoms with van der Waals surface area (Å²) in [6.07, 6.45) is 2.79. The van der Waals surface area contributed by atoms with Gasteiger partial charge in [0.15, 0.2) is 5.03 Å². The summed E-state index contributed by atoms with van der Waals surface area (Å²) < 4.78 is 32.6. The van der Waals surface area contributed by atoms with Gasteiger partial charge in [-0.05, 0) is 35.8 Å². The Hall–Kier alpha value is -2.04. The summed E-state index contributed by atoms with van der Waals surface area (Å²) in [4.78, 5) is 15.2. The van der Waals surface area contributed by atoms with Crippen molar-refractivity contribution in [2.45, 2.75) is 5.03 Å². The molecule has 3 aromatic rings. The van der Waals surface area contributed by atoms with Gasteiger partial charge in [-0.25, -0.2) is 9.78 Å². The van der Waals surface area contributed by atoms with Gasteiger partial charge in [0.2, 0.25) is 0 Å². The number of nitrogens with zero attached hydrogens (tertiary/aromatic N) is 2. The Bertz CT molecular complexity index is 1020. The van der Waals surface area contributed by atoms with E-state index in [1.165, 1.54) is 30.6 Å². The molecule has 0 aliphatic heterocycles. The van der Waals surface area contributed by atoms with Crippen molar-refractivity contribution in [2.75, 3.05) is 4.72 Å². The molecule has 2 heterocycles. The second kappa shape index (κ2) is 5.87. The van der Waals surface area contributed by atoms with Crippen LogP contribution in [0.1, 0.15) is 10.4 Å². The van der Waals surface area contributed by atoms with Crippen LogP contribution in [0.2, 0.25) is 0 Å². The van der Waals surface area contributed by atoms with E-state index >= 15 is 0 Å². The van der Waals surface area contributed by atoms with E-state index in [-0.39, 0.29) is 16.3 Å². The van der Waals surface area contributed by atoms with Crippen molar-refractivity contribution in [1.29, 1.82) is 0 Å². The number of sulfonamides is 1. The highest BCUT2D eigenvalue weighted by Gasteiger charge is 2.23. The molecular weight excluding hydrogens is 406 g/mol. The number of rotatable bonds is 4. The molecule has 0 bridgehead atoms. The Balaban J connectivity index is 2.11. The molecule has 3 rings (SSSR count). The molecule has 0 radical (unpaired) electrons. The van der Waals surface area contributed by atoms with E-state index in [1.54, 1.807) is 6.07 Å². The van der Waals surface area contributed by atoms with Crippen LogP contribution in [0.15, 0.2) is 46.2 Å². The van der Waals surface area contributed by atoms with Gasteiger partial charge < -0.3 is 5.11 Å². The number of aromatic carboxylic acids is 1. The van der Waals surface area contributed by atoms with Crippen LogP contribution < -0.4 is 4.72 Å². The molecule has 7 nitrogen and oxygen atoms in total. The monoisotopic (exact) mass is 413 g/mol. The Kier molecular flexibility index (Phi) is 4.04. The highest BCUT2D eigenvalue weighted by Crippen LogP contribution is 2.27. The van der Waals surface area contributed by atoms with Crippen molar-refractivity contribution in [3.05, 3.63) is 46.7 Å². The molecule has 0 spiro atoms. The number of pyridine rings is 1. The first-order valence-electron chi connectivity index (χ1n) is 6.13. The average molecular weight is 414 g/mol. The molecular formula is C13H8BrN3O4S2. The lowest BCUT2D eigenvalue weighted by atomic mass is 10.2. The second-order valence-corrected chi connectivity index (χ2v) is 7.80. The van der Waals surface area contributed by atoms with Crippen molar-refractivity contribution >= 4 is 59.2 Å². The number of anilines is 1. The minimum atomic E-state index is -4.06. The van der Waals surface area contributed by atoms with E-state index in [0.29, 0.717) is 14.6 Å². The van der Waals surface area contributed by atoms with Crippen molar-refractivity contribution in [2.24, 2.45) is 0 Å². The molecule has 0 atom stereocenters. The van der Waals surface area contributed by atoms with Crippen molar-refractivity contribution in [1.82, 2.24) is 9.36 Å². The second-order valence-electron chi connectivity index (χ2n) is 4.45. The highest BCUT2D eigenvalue weighted by atomic mass is 79.9. The molecule has 2 aromatic heterocycles. The molecule has 2 N–H and O–H groups in total. The predicted molar refractivity (Wildman–Crippen MR) is 89.3 cm³/mol. The van der Waals surface area contributed by atoms with Crippen molar-refractivity contribution in [3.63, 3.8) is 0 Å². The van der Waals surface area contributed by atoms with Gasteiger partial charge >= 0.3 is 5.97 Å². The Morgan fingerprint density at radius 2 is 2.09 bits per heavy atom. The Morgan fingerprint density at radius 1 is 1.30 bits per heavy atom. The van der Waals surface area contributed by atoms with Crippen LogP contribution >= 0.6 is 27.5 Å². The fourth-order valence-electron chi connectivity index (χ4n) is 1.97. The van der Waals surface area contributed by atoms with Crippen molar-refractivity contribution in [3.8, 4) is 0 Å². The maximum absolute atomic E-state index is 12.6. The first-order chi connectivity index (χ1) is 10.9. The summed E-state index contributed by atoms with van der Waals surface area (Å²) in [6, 6.07) is 5.87. The first kappa shape index (κ1) is 15.8. The average Bonchev–Trinajstić information content (AvgIpc) is 2.94. The number of nitrogens with one attached hydrogen (secondary N) is 1. The lowest BCUT2D eigenvalue weighted by Gasteiger charge is -2.11. The molecule has 0 aliphatic carbocycles. The molecule has 0 saturated carbocycles. The van der Waals surface area contributed by atoms with Crippen LogP contribution in [0.3, 0.4) is 0 Å². The van der Waals surface area contributed by atoms with Gasteiger partial charge in [-0.3, -0.25) is 4.72 Å². The van der Waals surface area contributed by atoms with Crippen LogP contribution in [0.5, 0.6) is 0 Å². The molecule has 0 unspecified atom stereocenters. The summed E-state index contributed by atoms with van der Waals surface area (Å²) in [6.45, 7) is 0. The normalized spacial score (nSPS) is 11.5. The van der Waals surface area contributed by atoms with Crippen LogP contribution in [-0.2, 0) is 10.0 Å². The lowest BCUT2D eigenvalue weighted by molar-refractivity contribution is 0.0698. The number of benzene rings is 1. The zero-order valence-electron chi connectivity index (χ0n) is 11.2. The zero-order chi connectivity index (χ0) is 16.6. The van der Waals surface area contributed by atoms with Gasteiger partial charge in [0, 0.05) is 10.7 Å². The predicted octanol–water partition coefficient (Wildman–Crippen LogP) is 2.95. The first-order valence-corrected chi connectivity index (χ1v) is 9.18. The molecule has 0 saturated heterocycles. The molecule has 0 aliphatic rings. The van der Waals surface area contributed by atoms with Gasteiger partial charge in [-0.1, -0.05) is 15.9 Å². The number of carboxylic acid groups (broad SMARTS) is 1. The van der Waals surface area contributed by atoms with Gasteiger partial charge in [0.1, 0.15) is 0 Å². The molecule has 0 amide bonds. The number of aromatic nitrogens is 2. The summed E-state index contributed by atoms with van der Waals surface area (Å²) in [7, 11) is -4.06. The topological polar surface area (TPSA) is 109 Å². The number of fused-ring (bicyclic) bond motifs is 1. The minimum absolute atomic E-state index is 0.0473. The van der Waals surface area contributed by atoms with Crippen LogP contribution in [0.4, 0.5) is 5.69 Å². The SMILES string of the molecule is O=C(O)c1ccc(Br)cc1NS(=O)(=O)c1nccc2sncc12. The number of hydrogen-bond acceptors (Lipinski definition) is 6. The fourth-order valence-corrected chi connectivity index (χ4v) is 4.24. The largest absolute Gasteiger partial charge is 0.478 e.